The summed E-state index contributed by atoms with van der Waals surface area (Å²) in [5, 5.41) is 13.7. The molecule has 7 heteroatoms. The van der Waals surface area contributed by atoms with Crippen molar-refractivity contribution in [3.05, 3.63) is 63.7 Å². The summed E-state index contributed by atoms with van der Waals surface area (Å²) in [4.78, 5) is 10.2. The molecule has 0 radical (unpaired) electrons. The number of anilines is 1. The van der Waals surface area contributed by atoms with E-state index in [1.165, 1.54) is 43.5 Å². The number of nitro benzene ring substituents is 1. The molecular weight excluding hydrogens is 294 g/mol. The normalized spacial score (nSPS) is 10.3. The molecule has 0 bridgehead atoms. The number of rotatable bonds is 6. The molecule has 2 aromatic carbocycles. The van der Waals surface area contributed by atoms with E-state index in [0.717, 1.165) is 0 Å². The lowest BCUT2D eigenvalue weighted by Crippen LogP contribution is -2.08. The minimum absolute atomic E-state index is 0.00359. The lowest BCUT2D eigenvalue weighted by Gasteiger charge is -2.09. The Bertz CT molecular complexity index is 672. The van der Waals surface area contributed by atoms with Gasteiger partial charge in [-0.15, -0.1) is 0 Å². The van der Waals surface area contributed by atoms with Crippen LogP contribution in [0.3, 0.4) is 0 Å². The number of nitrogens with one attached hydrogen (secondary N) is 1. The third-order valence-electron chi connectivity index (χ3n) is 3.14. The lowest BCUT2D eigenvalue weighted by atomic mass is 10.1. The molecule has 0 unspecified atom stereocenters. The average Bonchev–Trinajstić information content (AvgIpc) is 2.49. The third kappa shape index (κ3) is 3.49. The Morgan fingerprint density at radius 1 is 1.23 bits per heavy atom. The molecule has 116 valence electrons. The summed E-state index contributed by atoms with van der Waals surface area (Å²) in [7, 11) is 1.33. The first-order chi connectivity index (χ1) is 10.5. The molecule has 0 heterocycles. The van der Waals surface area contributed by atoms with Crippen LogP contribution in [-0.4, -0.2) is 18.6 Å². The van der Waals surface area contributed by atoms with E-state index in [1.807, 2.05) is 0 Å². The van der Waals surface area contributed by atoms with E-state index in [2.05, 4.69) is 5.32 Å². The van der Waals surface area contributed by atoms with Crippen molar-refractivity contribution in [1.82, 2.24) is 0 Å². The zero-order valence-corrected chi connectivity index (χ0v) is 11.8. The predicted octanol–water partition coefficient (Wildman–Crippen LogP) is 3.54. The highest BCUT2D eigenvalue weighted by atomic mass is 19.1. The molecular formula is C15H14F2N2O3. The molecule has 0 aromatic heterocycles. The van der Waals surface area contributed by atoms with Crippen molar-refractivity contribution in [3.63, 3.8) is 0 Å². The Morgan fingerprint density at radius 2 is 1.91 bits per heavy atom. The Kier molecular flexibility index (Phi) is 4.88. The first kappa shape index (κ1) is 15.7. The van der Waals surface area contributed by atoms with Gasteiger partial charge in [0.05, 0.1) is 12.0 Å². The molecule has 0 fully saturated rings. The van der Waals surface area contributed by atoms with Crippen LogP contribution in [0.15, 0.2) is 36.4 Å². The van der Waals surface area contributed by atoms with Crippen molar-refractivity contribution in [1.29, 1.82) is 0 Å². The van der Waals surface area contributed by atoms with Crippen molar-refractivity contribution in [2.24, 2.45) is 0 Å². The van der Waals surface area contributed by atoms with Crippen LogP contribution in [0.1, 0.15) is 5.56 Å². The Hall–Kier alpha value is -2.70. The maximum Gasteiger partial charge on any atom is 0.311 e. The molecule has 0 aliphatic carbocycles. The highest BCUT2D eigenvalue weighted by Gasteiger charge is 2.14. The zero-order chi connectivity index (χ0) is 16.1. The first-order valence-corrected chi connectivity index (χ1v) is 6.52. The molecule has 2 rings (SSSR count). The van der Waals surface area contributed by atoms with E-state index in [4.69, 9.17) is 4.74 Å². The van der Waals surface area contributed by atoms with E-state index in [9.17, 15) is 18.9 Å². The highest BCUT2D eigenvalue weighted by Crippen LogP contribution is 2.29. The molecule has 0 saturated heterocycles. The smallest absolute Gasteiger partial charge is 0.311 e. The quantitative estimate of drug-likeness (QED) is 0.655. The van der Waals surface area contributed by atoms with Gasteiger partial charge in [-0.25, -0.2) is 8.78 Å². The van der Waals surface area contributed by atoms with E-state index in [-0.39, 0.29) is 30.0 Å². The molecule has 5 nitrogen and oxygen atoms in total. The number of ether oxygens (including phenoxy) is 1. The van der Waals surface area contributed by atoms with Crippen molar-refractivity contribution in [2.75, 3.05) is 19.0 Å². The van der Waals surface area contributed by atoms with Crippen LogP contribution in [0.4, 0.5) is 20.2 Å². The summed E-state index contributed by atoms with van der Waals surface area (Å²) in [6.45, 7) is 0.277. The van der Waals surface area contributed by atoms with Crippen LogP contribution in [0, 0.1) is 21.7 Å². The summed E-state index contributed by atoms with van der Waals surface area (Å²) in [6.07, 6.45) is 0.151. The van der Waals surface area contributed by atoms with Crippen LogP contribution in [0.2, 0.25) is 0 Å². The highest BCUT2D eigenvalue weighted by molar-refractivity contribution is 5.58. The second kappa shape index (κ2) is 6.84. The standard InChI is InChI=1S/C15H14F2N2O3/c1-22-15-9-10(5-6-14(15)19(20)21)18-8-7-11-12(16)3-2-4-13(11)17/h2-6,9,18H,7-8H2,1H3. The summed E-state index contributed by atoms with van der Waals surface area (Å²) in [6, 6.07) is 8.00. The second-order valence-corrected chi connectivity index (χ2v) is 4.52. The summed E-state index contributed by atoms with van der Waals surface area (Å²) >= 11 is 0. The van der Waals surface area contributed by atoms with Crippen molar-refractivity contribution in [2.45, 2.75) is 6.42 Å². The Balaban J connectivity index is 2.05. The molecule has 0 amide bonds. The molecule has 1 N–H and O–H groups in total. The number of nitrogens with zero attached hydrogens (tertiary/aromatic N) is 1. The minimum atomic E-state index is -0.594. The number of halogens is 2. The molecule has 0 spiro atoms. The maximum absolute atomic E-state index is 13.5. The largest absolute Gasteiger partial charge is 0.490 e. The number of methoxy groups -OCH3 is 1. The van der Waals surface area contributed by atoms with Gasteiger partial charge in [-0.1, -0.05) is 6.07 Å². The van der Waals surface area contributed by atoms with Crippen molar-refractivity contribution >= 4 is 11.4 Å². The number of benzene rings is 2. The van der Waals surface area contributed by atoms with Crippen LogP contribution >= 0.6 is 0 Å². The molecule has 0 atom stereocenters. The summed E-state index contributed by atoms with van der Waals surface area (Å²) < 4.78 is 31.9. The monoisotopic (exact) mass is 308 g/mol. The zero-order valence-electron chi connectivity index (χ0n) is 11.8. The van der Waals surface area contributed by atoms with E-state index in [1.54, 1.807) is 0 Å². The lowest BCUT2D eigenvalue weighted by molar-refractivity contribution is -0.385. The van der Waals surface area contributed by atoms with Gasteiger partial charge in [0.1, 0.15) is 11.6 Å². The topological polar surface area (TPSA) is 64.4 Å². The first-order valence-electron chi connectivity index (χ1n) is 6.52. The van der Waals surface area contributed by atoms with Crippen molar-refractivity contribution in [3.8, 4) is 5.75 Å². The number of nitro groups is 1. The fourth-order valence-corrected chi connectivity index (χ4v) is 2.04. The van der Waals surface area contributed by atoms with Gasteiger partial charge in [0, 0.05) is 29.9 Å². The summed E-state index contributed by atoms with van der Waals surface area (Å²) in [5.74, 6) is -1.07. The van der Waals surface area contributed by atoms with Crippen LogP contribution in [-0.2, 0) is 6.42 Å². The Labute approximate surface area is 125 Å². The fourth-order valence-electron chi connectivity index (χ4n) is 2.04. The maximum atomic E-state index is 13.5. The number of hydrogen-bond acceptors (Lipinski definition) is 4. The molecule has 0 saturated carbocycles. The van der Waals surface area contributed by atoms with E-state index < -0.39 is 16.6 Å². The van der Waals surface area contributed by atoms with Gasteiger partial charge in [-0.05, 0) is 24.6 Å². The van der Waals surface area contributed by atoms with Crippen LogP contribution < -0.4 is 10.1 Å². The van der Waals surface area contributed by atoms with Gasteiger partial charge in [0.25, 0.3) is 0 Å². The number of hydrogen-bond donors (Lipinski definition) is 1. The molecule has 2 aromatic rings. The van der Waals surface area contributed by atoms with Gasteiger partial charge < -0.3 is 10.1 Å². The van der Waals surface area contributed by atoms with E-state index >= 15 is 0 Å². The third-order valence-corrected chi connectivity index (χ3v) is 3.14. The van der Waals surface area contributed by atoms with Crippen LogP contribution in [0.5, 0.6) is 5.75 Å². The van der Waals surface area contributed by atoms with Gasteiger partial charge in [0.2, 0.25) is 0 Å². The Morgan fingerprint density at radius 3 is 2.50 bits per heavy atom. The second-order valence-electron chi connectivity index (χ2n) is 4.52. The predicted molar refractivity (Wildman–Crippen MR) is 78.2 cm³/mol. The van der Waals surface area contributed by atoms with Gasteiger partial charge in [-0.3, -0.25) is 10.1 Å². The summed E-state index contributed by atoms with van der Waals surface area (Å²) in [5.41, 5.74) is 0.427. The molecule has 0 aliphatic rings. The van der Waals surface area contributed by atoms with Gasteiger partial charge in [-0.2, -0.15) is 0 Å². The van der Waals surface area contributed by atoms with E-state index in [0.29, 0.717) is 5.69 Å². The molecule has 0 aliphatic heterocycles. The minimum Gasteiger partial charge on any atom is -0.490 e. The SMILES string of the molecule is COc1cc(NCCc2c(F)cccc2F)ccc1[N+](=O)[O-]. The van der Waals surface area contributed by atoms with Gasteiger partial charge >= 0.3 is 5.69 Å². The van der Waals surface area contributed by atoms with Crippen LogP contribution in [0.25, 0.3) is 0 Å². The fraction of sp³-hybridized carbons (Fsp3) is 0.200. The average molecular weight is 308 g/mol. The molecule has 22 heavy (non-hydrogen) atoms. The van der Waals surface area contributed by atoms with Crippen molar-refractivity contribution < 1.29 is 18.4 Å². The van der Waals surface area contributed by atoms with Gasteiger partial charge in [0.15, 0.2) is 5.75 Å².